The maximum Gasteiger partial charge on any atom is 0.356 e. The van der Waals surface area contributed by atoms with Crippen molar-refractivity contribution in [3.05, 3.63) is 18.1 Å². The summed E-state index contributed by atoms with van der Waals surface area (Å²) in [6.07, 6.45) is 1.67. The van der Waals surface area contributed by atoms with Crippen LogP contribution in [0.1, 0.15) is 24.3 Å². The van der Waals surface area contributed by atoms with E-state index in [0.717, 1.165) is 18.9 Å². The summed E-state index contributed by atoms with van der Waals surface area (Å²) in [5.74, 6) is 0.278. The average Bonchev–Trinajstić information content (AvgIpc) is 2.37. The zero-order chi connectivity index (χ0) is 13.1. The number of nitrogens with zero attached hydrogens (tertiary/aromatic N) is 3. The third kappa shape index (κ3) is 2.76. The molecule has 0 unspecified atom stereocenters. The van der Waals surface area contributed by atoms with Crippen LogP contribution in [-0.4, -0.2) is 48.3 Å². The van der Waals surface area contributed by atoms with Crippen molar-refractivity contribution < 1.29 is 14.3 Å². The normalized spacial score (nSPS) is 23.8. The Hall–Kier alpha value is -1.69. The highest BCUT2D eigenvalue weighted by molar-refractivity contribution is 5.87. The van der Waals surface area contributed by atoms with Crippen molar-refractivity contribution in [2.75, 3.05) is 25.1 Å². The first-order valence-electron chi connectivity index (χ1n) is 5.91. The topological polar surface area (TPSA) is 64.5 Å². The number of carbonyl (C=O) groups excluding carboxylic acids is 1. The fourth-order valence-corrected chi connectivity index (χ4v) is 2.10. The molecule has 1 aliphatic heterocycles. The van der Waals surface area contributed by atoms with Gasteiger partial charge in [0.05, 0.1) is 19.3 Å². The number of esters is 1. The van der Waals surface area contributed by atoms with Gasteiger partial charge in [-0.1, -0.05) is 0 Å². The van der Waals surface area contributed by atoms with Crippen LogP contribution in [0.3, 0.4) is 0 Å². The Morgan fingerprint density at radius 3 is 2.67 bits per heavy atom. The second-order valence-corrected chi connectivity index (χ2v) is 4.42. The van der Waals surface area contributed by atoms with Crippen molar-refractivity contribution in [3.8, 4) is 0 Å². The Labute approximate surface area is 106 Å². The second kappa shape index (κ2) is 5.30. The number of carbonyl (C=O) groups is 1. The standard InChI is InChI=1S/C12H17N3O3/c1-8-5-15(6-9(2)18-8)11-4-10(12(16)17-3)13-7-14-11/h4,7-9H,5-6H2,1-3H3/t8-,9-/m1/s1. The van der Waals surface area contributed by atoms with Gasteiger partial charge in [-0.25, -0.2) is 14.8 Å². The molecule has 0 bridgehead atoms. The zero-order valence-corrected chi connectivity index (χ0v) is 10.8. The lowest BCUT2D eigenvalue weighted by Crippen LogP contribution is -2.45. The molecule has 1 aromatic rings. The van der Waals surface area contributed by atoms with Crippen molar-refractivity contribution in [3.63, 3.8) is 0 Å². The number of methoxy groups -OCH3 is 1. The van der Waals surface area contributed by atoms with Crippen LogP contribution >= 0.6 is 0 Å². The highest BCUT2D eigenvalue weighted by Gasteiger charge is 2.23. The molecule has 1 aromatic heterocycles. The SMILES string of the molecule is COC(=O)c1cc(N2C[C@@H](C)O[C@H](C)C2)ncn1. The summed E-state index contributed by atoms with van der Waals surface area (Å²) in [4.78, 5) is 21.6. The highest BCUT2D eigenvalue weighted by atomic mass is 16.5. The summed E-state index contributed by atoms with van der Waals surface area (Å²) < 4.78 is 10.3. The molecule has 0 radical (unpaired) electrons. The van der Waals surface area contributed by atoms with Crippen molar-refractivity contribution in [1.82, 2.24) is 9.97 Å². The van der Waals surface area contributed by atoms with Crippen LogP contribution in [0, 0.1) is 0 Å². The van der Waals surface area contributed by atoms with Gasteiger partial charge in [0.25, 0.3) is 0 Å². The maximum atomic E-state index is 11.4. The van der Waals surface area contributed by atoms with E-state index in [1.165, 1.54) is 13.4 Å². The Balaban J connectivity index is 2.20. The van der Waals surface area contributed by atoms with Crippen LogP contribution in [0.25, 0.3) is 0 Å². The molecule has 1 fully saturated rings. The Kier molecular flexibility index (Phi) is 3.76. The fourth-order valence-electron chi connectivity index (χ4n) is 2.10. The minimum atomic E-state index is -0.451. The summed E-state index contributed by atoms with van der Waals surface area (Å²) >= 11 is 0. The number of aromatic nitrogens is 2. The van der Waals surface area contributed by atoms with Gasteiger partial charge in [-0.15, -0.1) is 0 Å². The lowest BCUT2D eigenvalue weighted by Gasteiger charge is -2.36. The molecule has 1 saturated heterocycles. The quantitative estimate of drug-likeness (QED) is 0.727. The van der Waals surface area contributed by atoms with Crippen LogP contribution in [0.5, 0.6) is 0 Å². The van der Waals surface area contributed by atoms with Gasteiger partial charge in [0.1, 0.15) is 12.1 Å². The number of anilines is 1. The van der Waals surface area contributed by atoms with Crippen LogP contribution < -0.4 is 4.90 Å². The van der Waals surface area contributed by atoms with Gasteiger partial charge in [0, 0.05) is 19.2 Å². The van der Waals surface area contributed by atoms with E-state index in [1.54, 1.807) is 6.07 Å². The Morgan fingerprint density at radius 1 is 1.39 bits per heavy atom. The Bertz CT molecular complexity index is 428. The second-order valence-electron chi connectivity index (χ2n) is 4.42. The molecule has 2 rings (SSSR count). The van der Waals surface area contributed by atoms with Gasteiger partial charge in [-0.05, 0) is 13.8 Å². The van der Waals surface area contributed by atoms with E-state index in [2.05, 4.69) is 19.6 Å². The minimum absolute atomic E-state index is 0.144. The summed E-state index contributed by atoms with van der Waals surface area (Å²) in [5.41, 5.74) is 0.272. The van der Waals surface area contributed by atoms with Crippen molar-refractivity contribution in [2.45, 2.75) is 26.1 Å². The van der Waals surface area contributed by atoms with E-state index in [0.29, 0.717) is 0 Å². The van der Waals surface area contributed by atoms with Crippen molar-refractivity contribution in [2.24, 2.45) is 0 Å². The number of morpholine rings is 1. The van der Waals surface area contributed by atoms with Gasteiger partial charge >= 0.3 is 5.97 Å². The predicted octanol–water partition coefficient (Wildman–Crippen LogP) is 0.877. The first kappa shape index (κ1) is 12.8. The molecule has 0 spiro atoms. The molecule has 18 heavy (non-hydrogen) atoms. The molecule has 0 amide bonds. The van der Waals surface area contributed by atoms with Gasteiger partial charge in [-0.2, -0.15) is 0 Å². The van der Waals surface area contributed by atoms with Gasteiger partial charge < -0.3 is 14.4 Å². The molecule has 98 valence electrons. The number of ether oxygens (including phenoxy) is 2. The molecule has 6 heteroatoms. The van der Waals surface area contributed by atoms with E-state index in [4.69, 9.17) is 4.74 Å². The maximum absolute atomic E-state index is 11.4. The molecule has 0 aromatic carbocycles. The molecular weight excluding hydrogens is 234 g/mol. The molecular formula is C12H17N3O3. The summed E-state index contributed by atoms with van der Waals surface area (Å²) in [6, 6.07) is 1.65. The third-order valence-electron chi connectivity index (χ3n) is 2.79. The van der Waals surface area contributed by atoms with Gasteiger partial charge in [0.15, 0.2) is 5.69 Å². The molecule has 2 atom stereocenters. The summed E-state index contributed by atoms with van der Waals surface area (Å²) in [6.45, 7) is 5.54. The monoisotopic (exact) mass is 251 g/mol. The largest absolute Gasteiger partial charge is 0.464 e. The average molecular weight is 251 g/mol. The van der Waals surface area contributed by atoms with Crippen LogP contribution in [0.2, 0.25) is 0 Å². The summed E-state index contributed by atoms with van der Waals surface area (Å²) in [7, 11) is 1.34. The van der Waals surface area contributed by atoms with E-state index >= 15 is 0 Å². The van der Waals surface area contributed by atoms with Crippen LogP contribution in [0.4, 0.5) is 5.82 Å². The molecule has 6 nitrogen and oxygen atoms in total. The molecule has 0 N–H and O–H groups in total. The minimum Gasteiger partial charge on any atom is -0.464 e. The van der Waals surface area contributed by atoms with Gasteiger partial charge in [0.2, 0.25) is 0 Å². The van der Waals surface area contributed by atoms with E-state index in [1.807, 2.05) is 13.8 Å². The van der Waals surface area contributed by atoms with E-state index in [-0.39, 0.29) is 17.9 Å². The zero-order valence-electron chi connectivity index (χ0n) is 10.8. The van der Waals surface area contributed by atoms with Crippen LogP contribution in [0.15, 0.2) is 12.4 Å². The lowest BCUT2D eigenvalue weighted by atomic mass is 10.2. The van der Waals surface area contributed by atoms with Gasteiger partial charge in [-0.3, -0.25) is 0 Å². The van der Waals surface area contributed by atoms with E-state index in [9.17, 15) is 4.79 Å². The smallest absolute Gasteiger partial charge is 0.356 e. The lowest BCUT2D eigenvalue weighted by molar-refractivity contribution is -0.00546. The predicted molar refractivity (Wildman–Crippen MR) is 65.6 cm³/mol. The molecule has 2 heterocycles. The first-order valence-corrected chi connectivity index (χ1v) is 5.91. The highest BCUT2D eigenvalue weighted by Crippen LogP contribution is 2.18. The molecule has 0 aliphatic carbocycles. The van der Waals surface area contributed by atoms with Crippen molar-refractivity contribution in [1.29, 1.82) is 0 Å². The molecule has 0 saturated carbocycles. The van der Waals surface area contributed by atoms with Crippen molar-refractivity contribution >= 4 is 11.8 Å². The first-order chi connectivity index (χ1) is 8.60. The van der Waals surface area contributed by atoms with Crippen LogP contribution in [-0.2, 0) is 9.47 Å². The number of rotatable bonds is 2. The van der Waals surface area contributed by atoms with E-state index < -0.39 is 5.97 Å². The number of hydrogen-bond donors (Lipinski definition) is 0. The molecule has 1 aliphatic rings. The Morgan fingerprint density at radius 2 is 2.06 bits per heavy atom. The third-order valence-corrected chi connectivity index (χ3v) is 2.79. The fraction of sp³-hybridized carbons (Fsp3) is 0.583. The number of hydrogen-bond acceptors (Lipinski definition) is 6. The summed E-state index contributed by atoms with van der Waals surface area (Å²) in [5, 5.41) is 0.